The molecule has 22 heavy (non-hydrogen) atoms. The minimum Gasteiger partial charge on any atom is -0.475 e. The lowest BCUT2D eigenvalue weighted by molar-refractivity contribution is -0.148. The highest BCUT2D eigenvalue weighted by Crippen LogP contribution is 2.34. The number of esters is 1. The molecule has 0 saturated carbocycles. The van der Waals surface area contributed by atoms with E-state index in [2.05, 4.69) is 5.10 Å². The molecule has 2 aromatic rings. The number of carbonyl (C=O) groups is 2. The van der Waals surface area contributed by atoms with Gasteiger partial charge in [0.15, 0.2) is 0 Å². The molecule has 0 aliphatic carbocycles. The molecule has 0 saturated heterocycles. The fourth-order valence-corrected chi connectivity index (χ4v) is 2.37. The van der Waals surface area contributed by atoms with Gasteiger partial charge in [0.25, 0.3) is 5.91 Å². The average molecular weight is 301 g/mol. The van der Waals surface area contributed by atoms with Crippen LogP contribution < -0.4 is 9.64 Å². The van der Waals surface area contributed by atoms with Gasteiger partial charge in [-0.2, -0.15) is 5.10 Å². The Hall–Kier alpha value is -2.83. The summed E-state index contributed by atoms with van der Waals surface area (Å²) >= 11 is 0. The molecule has 7 heteroatoms. The third-order valence-corrected chi connectivity index (χ3v) is 3.43. The number of ether oxygens (including phenoxy) is 2. The standard InChI is InChI=1S/C15H15N3O4/c1-17-8-10(7-16-17)14(19)18-9-13(15(20)21-2)22-12-6-4-3-5-11(12)18/h3-8,13H,9H2,1-2H3. The van der Waals surface area contributed by atoms with Crippen molar-refractivity contribution in [3.63, 3.8) is 0 Å². The molecule has 114 valence electrons. The SMILES string of the molecule is COC(=O)C1CN(C(=O)c2cnn(C)c2)c2ccccc2O1. The maximum Gasteiger partial charge on any atom is 0.348 e. The molecule has 1 aliphatic rings. The molecular formula is C15H15N3O4. The predicted octanol–water partition coefficient (Wildman–Crippen LogP) is 1.00. The van der Waals surface area contributed by atoms with Crippen molar-refractivity contribution >= 4 is 17.6 Å². The first-order chi connectivity index (χ1) is 10.6. The van der Waals surface area contributed by atoms with Crippen LogP contribution in [0.3, 0.4) is 0 Å². The van der Waals surface area contributed by atoms with Crippen LogP contribution in [-0.2, 0) is 16.6 Å². The number of hydrogen-bond acceptors (Lipinski definition) is 5. The quantitative estimate of drug-likeness (QED) is 0.774. The van der Waals surface area contributed by atoms with Gasteiger partial charge in [-0.25, -0.2) is 4.79 Å². The number of nitrogens with zero attached hydrogens (tertiary/aromatic N) is 3. The topological polar surface area (TPSA) is 73.7 Å². The van der Waals surface area contributed by atoms with Gasteiger partial charge >= 0.3 is 5.97 Å². The Morgan fingerprint density at radius 1 is 1.36 bits per heavy atom. The maximum absolute atomic E-state index is 12.7. The Morgan fingerprint density at radius 3 is 2.82 bits per heavy atom. The van der Waals surface area contributed by atoms with Gasteiger partial charge in [0.1, 0.15) is 5.75 Å². The summed E-state index contributed by atoms with van der Waals surface area (Å²) in [6.45, 7) is 0.0947. The highest BCUT2D eigenvalue weighted by atomic mass is 16.6. The van der Waals surface area contributed by atoms with Crippen LogP contribution in [0.5, 0.6) is 5.75 Å². The molecule has 0 fully saturated rings. The lowest BCUT2D eigenvalue weighted by atomic mass is 10.1. The van der Waals surface area contributed by atoms with Gasteiger partial charge in [-0.15, -0.1) is 0 Å². The van der Waals surface area contributed by atoms with E-state index in [0.717, 1.165) is 0 Å². The smallest absolute Gasteiger partial charge is 0.348 e. The summed E-state index contributed by atoms with van der Waals surface area (Å²) in [6.07, 6.45) is 2.28. The summed E-state index contributed by atoms with van der Waals surface area (Å²) in [6, 6.07) is 7.08. The van der Waals surface area contributed by atoms with Crippen LogP contribution in [0.4, 0.5) is 5.69 Å². The van der Waals surface area contributed by atoms with E-state index in [1.54, 1.807) is 36.1 Å². The lowest BCUT2D eigenvalue weighted by Gasteiger charge is -2.33. The molecule has 1 atom stereocenters. The van der Waals surface area contributed by atoms with Crippen molar-refractivity contribution in [3.05, 3.63) is 42.2 Å². The normalized spacial score (nSPS) is 16.6. The van der Waals surface area contributed by atoms with E-state index in [4.69, 9.17) is 9.47 Å². The van der Waals surface area contributed by atoms with Gasteiger partial charge in [0, 0.05) is 13.2 Å². The Balaban J connectivity index is 1.98. The second-order valence-electron chi connectivity index (χ2n) is 4.92. The maximum atomic E-state index is 12.7. The van der Waals surface area contributed by atoms with E-state index in [-0.39, 0.29) is 12.5 Å². The Bertz CT molecular complexity index is 725. The summed E-state index contributed by atoms with van der Waals surface area (Å²) in [5, 5.41) is 4.01. The van der Waals surface area contributed by atoms with Gasteiger partial charge in [0.05, 0.1) is 31.1 Å². The van der Waals surface area contributed by atoms with E-state index in [0.29, 0.717) is 17.0 Å². The summed E-state index contributed by atoms with van der Waals surface area (Å²) in [4.78, 5) is 26.0. The minimum atomic E-state index is -0.847. The van der Waals surface area contributed by atoms with Gasteiger partial charge < -0.3 is 14.4 Å². The number of hydrogen-bond donors (Lipinski definition) is 0. The Morgan fingerprint density at radius 2 is 2.14 bits per heavy atom. The first-order valence-electron chi connectivity index (χ1n) is 6.74. The van der Waals surface area contributed by atoms with Crippen LogP contribution >= 0.6 is 0 Å². The van der Waals surface area contributed by atoms with Crippen molar-refractivity contribution in [1.29, 1.82) is 0 Å². The van der Waals surface area contributed by atoms with Gasteiger partial charge in [0.2, 0.25) is 6.10 Å². The molecule has 1 unspecified atom stereocenters. The second kappa shape index (κ2) is 5.51. The number of para-hydroxylation sites is 2. The minimum absolute atomic E-state index is 0.0947. The average Bonchev–Trinajstić information content (AvgIpc) is 2.98. The number of carbonyl (C=O) groups excluding carboxylic acids is 2. The van der Waals surface area contributed by atoms with Crippen molar-refractivity contribution in [2.45, 2.75) is 6.10 Å². The molecular weight excluding hydrogens is 286 g/mol. The van der Waals surface area contributed by atoms with Gasteiger partial charge in [-0.05, 0) is 12.1 Å². The zero-order valence-electron chi connectivity index (χ0n) is 12.2. The van der Waals surface area contributed by atoms with E-state index in [1.807, 2.05) is 6.07 Å². The van der Waals surface area contributed by atoms with Crippen LogP contribution in [0.25, 0.3) is 0 Å². The molecule has 1 aromatic heterocycles. The largest absolute Gasteiger partial charge is 0.475 e. The van der Waals surface area contributed by atoms with Crippen LogP contribution in [0.1, 0.15) is 10.4 Å². The number of rotatable bonds is 2. The highest BCUT2D eigenvalue weighted by molar-refractivity contribution is 6.07. The highest BCUT2D eigenvalue weighted by Gasteiger charge is 2.35. The number of aromatic nitrogens is 2. The predicted molar refractivity (Wildman–Crippen MR) is 77.8 cm³/mol. The van der Waals surface area contributed by atoms with E-state index < -0.39 is 12.1 Å². The molecule has 1 aromatic carbocycles. The lowest BCUT2D eigenvalue weighted by Crippen LogP contribution is -2.47. The van der Waals surface area contributed by atoms with Crippen LogP contribution in [0.2, 0.25) is 0 Å². The molecule has 0 spiro atoms. The first-order valence-corrected chi connectivity index (χ1v) is 6.74. The molecule has 1 amide bonds. The summed E-state index contributed by atoms with van der Waals surface area (Å²) in [5.74, 6) is -0.280. The molecule has 0 bridgehead atoms. The number of fused-ring (bicyclic) bond motifs is 1. The molecule has 0 radical (unpaired) electrons. The molecule has 7 nitrogen and oxygen atoms in total. The fraction of sp³-hybridized carbons (Fsp3) is 0.267. The van der Waals surface area contributed by atoms with E-state index >= 15 is 0 Å². The van der Waals surface area contributed by atoms with Crippen molar-refractivity contribution in [1.82, 2.24) is 9.78 Å². The van der Waals surface area contributed by atoms with Crippen LogP contribution in [0, 0.1) is 0 Å². The Kier molecular flexibility index (Phi) is 3.54. The van der Waals surface area contributed by atoms with Crippen molar-refractivity contribution in [2.24, 2.45) is 7.05 Å². The number of methoxy groups -OCH3 is 1. The van der Waals surface area contributed by atoms with E-state index in [9.17, 15) is 9.59 Å². The molecule has 1 aliphatic heterocycles. The number of anilines is 1. The summed E-state index contributed by atoms with van der Waals surface area (Å²) in [5.41, 5.74) is 1.07. The first kappa shape index (κ1) is 14.1. The monoisotopic (exact) mass is 301 g/mol. The zero-order chi connectivity index (χ0) is 15.7. The van der Waals surface area contributed by atoms with Crippen LogP contribution in [0.15, 0.2) is 36.7 Å². The second-order valence-corrected chi connectivity index (χ2v) is 4.92. The Labute approximate surface area is 127 Å². The third-order valence-electron chi connectivity index (χ3n) is 3.43. The fourth-order valence-electron chi connectivity index (χ4n) is 2.37. The van der Waals surface area contributed by atoms with Crippen molar-refractivity contribution in [2.75, 3.05) is 18.6 Å². The van der Waals surface area contributed by atoms with Crippen molar-refractivity contribution < 1.29 is 19.1 Å². The molecule has 0 N–H and O–H groups in total. The van der Waals surface area contributed by atoms with Crippen LogP contribution in [-0.4, -0.2) is 41.4 Å². The number of benzene rings is 1. The summed E-state index contributed by atoms with van der Waals surface area (Å²) < 4.78 is 11.9. The van der Waals surface area contributed by atoms with Gasteiger partial charge in [-0.3, -0.25) is 9.48 Å². The molecule has 3 rings (SSSR count). The van der Waals surface area contributed by atoms with E-state index in [1.165, 1.54) is 18.2 Å². The van der Waals surface area contributed by atoms with Crippen molar-refractivity contribution in [3.8, 4) is 5.75 Å². The number of aryl methyl sites for hydroxylation is 1. The third kappa shape index (κ3) is 2.41. The van der Waals surface area contributed by atoms with Gasteiger partial charge in [-0.1, -0.05) is 12.1 Å². The molecule has 2 heterocycles. The summed E-state index contributed by atoms with van der Waals surface area (Å²) in [7, 11) is 3.03. The zero-order valence-corrected chi connectivity index (χ0v) is 12.2. The number of amides is 1.